The fraction of sp³-hybridized carbons (Fsp3) is 0.333. The van der Waals surface area contributed by atoms with E-state index in [1.807, 2.05) is 50.1 Å². The van der Waals surface area contributed by atoms with Crippen molar-refractivity contribution in [2.45, 2.75) is 26.0 Å². The highest BCUT2D eigenvalue weighted by atomic mass is 16.6. The van der Waals surface area contributed by atoms with Gasteiger partial charge in [0.2, 0.25) is 0 Å². The second kappa shape index (κ2) is 5.08. The standard InChI is InChI=1S/C15H17N7O/c1-9-13(10(2)23-20-9)19-14-15-17-7-12(22(15)5-4-16-14)11-6-18-21(3)8-11/h4-8,10,13H,1-3H3,(H,16,19). The Hall–Kier alpha value is -2.90. The molecule has 23 heavy (non-hydrogen) atoms. The SMILES string of the molecule is CC1=NOC(C)C1Nc1nccn2c(-c3cnn(C)c3)cnc12. The van der Waals surface area contributed by atoms with Crippen LogP contribution in [0.4, 0.5) is 5.82 Å². The molecule has 4 rings (SSSR count). The second-order valence-corrected chi connectivity index (χ2v) is 5.68. The molecule has 0 spiro atoms. The van der Waals surface area contributed by atoms with E-state index in [9.17, 15) is 0 Å². The molecule has 0 amide bonds. The van der Waals surface area contributed by atoms with E-state index in [0.29, 0.717) is 5.82 Å². The summed E-state index contributed by atoms with van der Waals surface area (Å²) in [5.74, 6) is 0.708. The van der Waals surface area contributed by atoms with Gasteiger partial charge in [-0.1, -0.05) is 5.16 Å². The van der Waals surface area contributed by atoms with Gasteiger partial charge in [0.05, 0.1) is 23.8 Å². The predicted octanol–water partition coefficient (Wildman–Crippen LogP) is 1.70. The maximum absolute atomic E-state index is 5.30. The van der Waals surface area contributed by atoms with E-state index < -0.39 is 0 Å². The number of hydrogen-bond donors (Lipinski definition) is 1. The maximum Gasteiger partial charge on any atom is 0.180 e. The molecule has 8 heteroatoms. The molecule has 0 fully saturated rings. The molecule has 0 bridgehead atoms. The van der Waals surface area contributed by atoms with Gasteiger partial charge in [0.1, 0.15) is 12.1 Å². The molecule has 1 aliphatic heterocycles. The average Bonchev–Trinajstić information content (AvgIpc) is 3.22. The Morgan fingerprint density at radius 1 is 1.26 bits per heavy atom. The summed E-state index contributed by atoms with van der Waals surface area (Å²) < 4.78 is 3.77. The number of aryl methyl sites for hydroxylation is 1. The summed E-state index contributed by atoms with van der Waals surface area (Å²) in [5.41, 5.74) is 3.64. The van der Waals surface area contributed by atoms with Crippen molar-refractivity contribution in [3.8, 4) is 11.3 Å². The third-order valence-electron chi connectivity index (χ3n) is 4.00. The maximum atomic E-state index is 5.30. The topological polar surface area (TPSA) is 81.6 Å². The summed E-state index contributed by atoms with van der Waals surface area (Å²) in [6.07, 6.45) is 9.22. The lowest BCUT2D eigenvalue weighted by molar-refractivity contribution is 0.0944. The summed E-state index contributed by atoms with van der Waals surface area (Å²) in [4.78, 5) is 14.2. The first-order valence-corrected chi connectivity index (χ1v) is 7.41. The van der Waals surface area contributed by atoms with Crippen molar-refractivity contribution < 1.29 is 4.84 Å². The molecule has 2 atom stereocenters. The Balaban J connectivity index is 1.75. The zero-order chi connectivity index (χ0) is 16.0. The lowest BCUT2D eigenvalue weighted by atomic mass is 10.1. The highest BCUT2D eigenvalue weighted by molar-refractivity contribution is 5.91. The minimum atomic E-state index is -0.0372. The smallest absolute Gasteiger partial charge is 0.180 e. The molecule has 118 valence electrons. The van der Waals surface area contributed by atoms with E-state index in [4.69, 9.17) is 4.84 Å². The molecule has 4 heterocycles. The van der Waals surface area contributed by atoms with Crippen molar-refractivity contribution in [2.24, 2.45) is 12.2 Å². The van der Waals surface area contributed by atoms with Crippen molar-refractivity contribution >= 4 is 17.2 Å². The molecule has 0 aliphatic carbocycles. The fourth-order valence-electron chi connectivity index (χ4n) is 2.78. The van der Waals surface area contributed by atoms with E-state index in [1.54, 1.807) is 10.9 Å². The van der Waals surface area contributed by atoms with E-state index in [0.717, 1.165) is 22.6 Å². The van der Waals surface area contributed by atoms with Gasteiger partial charge in [-0.25, -0.2) is 9.97 Å². The lowest BCUT2D eigenvalue weighted by Crippen LogP contribution is -2.34. The summed E-state index contributed by atoms with van der Waals surface area (Å²) in [6, 6.07) is -0.00718. The summed E-state index contributed by atoms with van der Waals surface area (Å²) in [7, 11) is 1.89. The van der Waals surface area contributed by atoms with Crippen LogP contribution >= 0.6 is 0 Å². The highest BCUT2D eigenvalue weighted by Crippen LogP contribution is 2.24. The number of imidazole rings is 1. The van der Waals surface area contributed by atoms with Gasteiger partial charge in [0.25, 0.3) is 0 Å². The van der Waals surface area contributed by atoms with E-state index >= 15 is 0 Å². The van der Waals surface area contributed by atoms with Gasteiger partial charge in [-0.2, -0.15) is 5.10 Å². The fourth-order valence-corrected chi connectivity index (χ4v) is 2.78. The molecule has 3 aromatic heterocycles. The number of nitrogens with one attached hydrogen (secondary N) is 1. The predicted molar refractivity (Wildman–Crippen MR) is 86.3 cm³/mol. The van der Waals surface area contributed by atoms with Gasteiger partial charge >= 0.3 is 0 Å². The first-order chi connectivity index (χ1) is 11.1. The Kier molecular flexibility index (Phi) is 3.03. The van der Waals surface area contributed by atoms with E-state index in [1.165, 1.54) is 0 Å². The van der Waals surface area contributed by atoms with Crippen LogP contribution in [0.5, 0.6) is 0 Å². The van der Waals surface area contributed by atoms with Crippen molar-refractivity contribution in [3.05, 3.63) is 31.0 Å². The van der Waals surface area contributed by atoms with E-state index in [2.05, 4.69) is 25.5 Å². The van der Waals surface area contributed by atoms with Gasteiger partial charge in [-0.05, 0) is 13.8 Å². The number of fused-ring (bicyclic) bond motifs is 1. The average molecular weight is 311 g/mol. The Labute approximate surface area is 132 Å². The molecule has 0 radical (unpaired) electrons. The summed E-state index contributed by atoms with van der Waals surface area (Å²) in [5, 5.41) is 11.6. The molecular formula is C15H17N7O. The molecule has 1 aliphatic rings. The highest BCUT2D eigenvalue weighted by Gasteiger charge is 2.29. The van der Waals surface area contributed by atoms with Crippen molar-refractivity contribution in [2.75, 3.05) is 5.32 Å². The monoisotopic (exact) mass is 311 g/mol. The number of rotatable bonds is 3. The van der Waals surface area contributed by atoms with Crippen LogP contribution in [0, 0.1) is 0 Å². The molecule has 3 aromatic rings. The first-order valence-electron chi connectivity index (χ1n) is 7.41. The zero-order valence-corrected chi connectivity index (χ0v) is 13.1. The van der Waals surface area contributed by atoms with Gasteiger partial charge in [-0.15, -0.1) is 0 Å². The molecule has 2 unspecified atom stereocenters. The number of nitrogens with zero attached hydrogens (tertiary/aromatic N) is 6. The van der Waals surface area contributed by atoms with Crippen LogP contribution in [0.25, 0.3) is 16.9 Å². The number of aromatic nitrogens is 5. The minimum absolute atomic E-state index is 0.00718. The van der Waals surface area contributed by atoms with Gasteiger partial charge < -0.3 is 10.2 Å². The Morgan fingerprint density at radius 2 is 2.13 bits per heavy atom. The van der Waals surface area contributed by atoms with Crippen molar-refractivity contribution in [1.82, 2.24) is 24.1 Å². The van der Waals surface area contributed by atoms with Crippen molar-refractivity contribution in [3.63, 3.8) is 0 Å². The number of oxime groups is 1. The zero-order valence-electron chi connectivity index (χ0n) is 13.1. The molecule has 1 N–H and O–H groups in total. The van der Waals surface area contributed by atoms with Crippen LogP contribution in [0.3, 0.4) is 0 Å². The summed E-state index contributed by atoms with van der Waals surface area (Å²) >= 11 is 0. The van der Waals surface area contributed by atoms with Crippen LogP contribution < -0.4 is 5.32 Å². The largest absolute Gasteiger partial charge is 0.390 e. The Bertz CT molecular complexity index is 894. The lowest BCUT2D eigenvalue weighted by Gasteiger charge is -2.16. The summed E-state index contributed by atoms with van der Waals surface area (Å²) in [6.45, 7) is 3.92. The van der Waals surface area contributed by atoms with Crippen LogP contribution in [-0.4, -0.2) is 42.0 Å². The third kappa shape index (κ3) is 2.23. The van der Waals surface area contributed by atoms with Crippen LogP contribution in [0.1, 0.15) is 13.8 Å². The first kappa shape index (κ1) is 13.7. The third-order valence-corrected chi connectivity index (χ3v) is 4.00. The molecule has 0 aromatic carbocycles. The van der Waals surface area contributed by atoms with E-state index in [-0.39, 0.29) is 12.1 Å². The molecule has 8 nitrogen and oxygen atoms in total. The minimum Gasteiger partial charge on any atom is -0.390 e. The number of hydrogen-bond acceptors (Lipinski definition) is 6. The molecule has 0 saturated heterocycles. The van der Waals surface area contributed by atoms with Crippen LogP contribution in [0.15, 0.2) is 36.1 Å². The van der Waals surface area contributed by atoms with Gasteiger partial charge in [-0.3, -0.25) is 9.08 Å². The number of anilines is 1. The van der Waals surface area contributed by atoms with Gasteiger partial charge in [0.15, 0.2) is 11.5 Å². The van der Waals surface area contributed by atoms with Gasteiger partial charge in [0, 0.05) is 31.2 Å². The second-order valence-electron chi connectivity index (χ2n) is 5.68. The molecule has 0 saturated carbocycles. The van der Waals surface area contributed by atoms with Crippen molar-refractivity contribution in [1.29, 1.82) is 0 Å². The normalized spacial score (nSPS) is 20.6. The van der Waals surface area contributed by atoms with Crippen LogP contribution in [0.2, 0.25) is 0 Å². The Morgan fingerprint density at radius 3 is 2.83 bits per heavy atom. The molecular weight excluding hydrogens is 294 g/mol. The quantitative estimate of drug-likeness (QED) is 0.796. The van der Waals surface area contributed by atoms with Crippen LogP contribution in [-0.2, 0) is 11.9 Å².